The first kappa shape index (κ1) is 16.7. The molecule has 2 aromatic carbocycles. The van der Waals surface area contributed by atoms with E-state index in [1.165, 1.54) is 19.2 Å². The van der Waals surface area contributed by atoms with Gasteiger partial charge in [-0.15, -0.1) is 0 Å². The molecule has 130 valence electrons. The molecular weight excluding hydrogens is 350 g/mol. The average Bonchev–Trinajstić information content (AvgIpc) is 2.97. The lowest BCUT2D eigenvalue weighted by Gasteiger charge is -2.11. The quantitative estimate of drug-likeness (QED) is 0.527. The zero-order valence-corrected chi connectivity index (χ0v) is 13.8. The van der Waals surface area contributed by atoms with Crippen LogP contribution in [-0.4, -0.2) is 25.6 Å². The van der Waals surface area contributed by atoms with Crippen LogP contribution in [0.15, 0.2) is 47.0 Å². The predicted molar refractivity (Wildman–Crippen MR) is 89.9 cm³/mol. The highest BCUT2D eigenvalue weighted by atomic mass is 32.2. The molecule has 0 spiro atoms. The first-order chi connectivity index (χ1) is 11.9. The van der Waals surface area contributed by atoms with Crippen LogP contribution in [0.2, 0.25) is 0 Å². The Morgan fingerprint density at radius 2 is 2.04 bits per heavy atom. The molecule has 0 saturated heterocycles. The predicted octanol–water partition coefficient (Wildman–Crippen LogP) is 2.69. The number of methoxy groups -OCH3 is 1. The molecule has 3 aromatic rings. The Labute approximate surface area is 142 Å². The fraction of sp³-hybridized carbons (Fsp3) is 0.133. The summed E-state index contributed by atoms with van der Waals surface area (Å²) < 4.78 is 37.3. The van der Waals surface area contributed by atoms with Crippen LogP contribution in [-0.2, 0) is 15.8 Å². The Bertz CT molecular complexity index is 1040. The van der Waals surface area contributed by atoms with Gasteiger partial charge in [0.1, 0.15) is 17.2 Å². The van der Waals surface area contributed by atoms with Crippen LogP contribution in [0.5, 0.6) is 5.75 Å². The van der Waals surface area contributed by atoms with Crippen molar-refractivity contribution in [2.45, 2.75) is 5.75 Å². The second kappa shape index (κ2) is 6.40. The van der Waals surface area contributed by atoms with Gasteiger partial charge in [0.15, 0.2) is 5.58 Å². The summed E-state index contributed by atoms with van der Waals surface area (Å²) in [6.07, 6.45) is 0. The molecule has 0 aliphatic rings. The van der Waals surface area contributed by atoms with Crippen LogP contribution in [0.1, 0.15) is 5.69 Å². The number of sulfonamides is 1. The van der Waals surface area contributed by atoms with Gasteiger partial charge in [0.05, 0.1) is 23.8 Å². The van der Waals surface area contributed by atoms with Crippen LogP contribution in [0.25, 0.3) is 11.0 Å². The van der Waals surface area contributed by atoms with Crippen molar-refractivity contribution in [3.05, 3.63) is 58.3 Å². The van der Waals surface area contributed by atoms with E-state index in [9.17, 15) is 18.5 Å². The van der Waals surface area contributed by atoms with Gasteiger partial charge in [0.2, 0.25) is 10.0 Å². The minimum Gasteiger partial charge on any atom is -0.494 e. The van der Waals surface area contributed by atoms with Crippen molar-refractivity contribution in [3.8, 4) is 5.75 Å². The number of nitro benzene ring substituents is 1. The van der Waals surface area contributed by atoms with Gasteiger partial charge < -0.3 is 9.26 Å². The number of hydrogen-bond donors (Lipinski definition) is 1. The first-order valence-corrected chi connectivity index (χ1v) is 8.71. The lowest BCUT2D eigenvalue weighted by atomic mass is 10.2. The number of rotatable bonds is 6. The lowest BCUT2D eigenvalue weighted by molar-refractivity contribution is -0.384. The number of nitrogens with zero attached hydrogens (tertiary/aromatic N) is 2. The first-order valence-electron chi connectivity index (χ1n) is 7.06. The normalized spacial score (nSPS) is 11.4. The zero-order chi connectivity index (χ0) is 18.0. The molecule has 0 fully saturated rings. The second-order valence-corrected chi connectivity index (χ2v) is 6.85. The molecule has 1 aromatic heterocycles. The Morgan fingerprint density at radius 1 is 1.28 bits per heavy atom. The molecule has 0 bridgehead atoms. The van der Waals surface area contributed by atoms with Gasteiger partial charge in [0, 0.05) is 11.5 Å². The largest absolute Gasteiger partial charge is 0.494 e. The van der Waals surface area contributed by atoms with E-state index in [4.69, 9.17) is 9.26 Å². The SMILES string of the molecule is COc1cc([N+](=O)[O-])ccc1NS(=O)(=O)Cc1noc2ccccc12. The summed E-state index contributed by atoms with van der Waals surface area (Å²) in [6.45, 7) is 0. The molecular formula is C15H13N3O6S. The Kier molecular flexibility index (Phi) is 4.28. The fourth-order valence-electron chi connectivity index (χ4n) is 2.30. The van der Waals surface area contributed by atoms with Crippen LogP contribution < -0.4 is 9.46 Å². The molecule has 0 amide bonds. The molecule has 3 rings (SSSR count). The number of non-ortho nitro benzene ring substituents is 1. The minimum atomic E-state index is -3.84. The summed E-state index contributed by atoms with van der Waals surface area (Å²) in [6, 6.07) is 10.5. The summed E-state index contributed by atoms with van der Waals surface area (Å²) in [4.78, 5) is 10.2. The Morgan fingerprint density at radius 3 is 2.76 bits per heavy atom. The molecule has 1 heterocycles. The van der Waals surface area contributed by atoms with Crippen LogP contribution in [0, 0.1) is 10.1 Å². The standard InChI is InChI=1S/C15H13N3O6S/c1-23-15-8-10(18(19)20)6-7-12(15)17-25(21,22)9-13-11-4-2-3-5-14(11)24-16-13/h2-8,17H,9H2,1H3. The van der Waals surface area contributed by atoms with E-state index in [2.05, 4.69) is 9.88 Å². The molecule has 0 unspecified atom stereocenters. The van der Waals surface area contributed by atoms with Gasteiger partial charge in [-0.25, -0.2) is 8.42 Å². The summed E-state index contributed by atoms with van der Waals surface area (Å²) >= 11 is 0. The number of fused-ring (bicyclic) bond motifs is 1. The van der Waals surface area contributed by atoms with Crippen LogP contribution in [0.4, 0.5) is 11.4 Å². The van der Waals surface area contributed by atoms with E-state index in [1.54, 1.807) is 24.3 Å². The van der Waals surface area contributed by atoms with Gasteiger partial charge in [-0.1, -0.05) is 17.3 Å². The van der Waals surface area contributed by atoms with Gasteiger partial charge in [-0.05, 0) is 18.2 Å². The van der Waals surface area contributed by atoms with Crippen molar-refractivity contribution in [1.82, 2.24) is 5.16 Å². The topological polar surface area (TPSA) is 125 Å². The molecule has 10 heteroatoms. The highest BCUT2D eigenvalue weighted by Crippen LogP contribution is 2.30. The summed E-state index contributed by atoms with van der Waals surface area (Å²) in [5, 5.41) is 15.2. The lowest BCUT2D eigenvalue weighted by Crippen LogP contribution is -2.16. The Balaban J connectivity index is 1.88. The molecule has 25 heavy (non-hydrogen) atoms. The van der Waals surface area contributed by atoms with Gasteiger partial charge in [-0.3, -0.25) is 14.8 Å². The van der Waals surface area contributed by atoms with Crippen molar-refractivity contribution in [1.29, 1.82) is 0 Å². The number of ether oxygens (including phenoxy) is 1. The third kappa shape index (κ3) is 3.53. The number of benzene rings is 2. The number of nitrogens with one attached hydrogen (secondary N) is 1. The number of nitro groups is 1. The van der Waals surface area contributed by atoms with Gasteiger partial charge in [0.25, 0.3) is 5.69 Å². The summed E-state index contributed by atoms with van der Waals surface area (Å²) in [5.41, 5.74) is 0.646. The molecule has 0 atom stereocenters. The fourth-order valence-corrected chi connectivity index (χ4v) is 3.45. The molecule has 0 radical (unpaired) electrons. The third-order valence-electron chi connectivity index (χ3n) is 3.44. The van der Waals surface area contributed by atoms with E-state index < -0.39 is 20.7 Å². The molecule has 1 N–H and O–H groups in total. The molecule has 0 saturated carbocycles. The number of aromatic nitrogens is 1. The van der Waals surface area contributed by atoms with Crippen molar-refractivity contribution < 1.29 is 22.6 Å². The minimum absolute atomic E-state index is 0.0442. The zero-order valence-electron chi connectivity index (χ0n) is 13.0. The molecule has 0 aliphatic heterocycles. The third-order valence-corrected chi connectivity index (χ3v) is 4.62. The maximum Gasteiger partial charge on any atom is 0.273 e. The molecule has 9 nitrogen and oxygen atoms in total. The average molecular weight is 363 g/mol. The number of hydrogen-bond acceptors (Lipinski definition) is 7. The maximum absolute atomic E-state index is 12.4. The van der Waals surface area contributed by atoms with Crippen molar-refractivity contribution in [2.24, 2.45) is 0 Å². The van der Waals surface area contributed by atoms with Crippen molar-refractivity contribution in [3.63, 3.8) is 0 Å². The monoisotopic (exact) mass is 363 g/mol. The molecule has 0 aliphatic carbocycles. The van der Waals surface area contributed by atoms with E-state index in [-0.39, 0.29) is 22.8 Å². The van der Waals surface area contributed by atoms with Crippen molar-refractivity contribution in [2.75, 3.05) is 11.8 Å². The van der Waals surface area contributed by atoms with Crippen LogP contribution in [0.3, 0.4) is 0 Å². The highest BCUT2D eigenvalue weighted by molar-refractivity contribution is 7.91. The van der Waals surface area contributed by atoms with E-state index >= 15 is 0 Å². The smallest absolute Gasteiger partial charge is 0.273 e. The van der Waals surface area contributed by atoms with E-state index in [0.717, 1.165) is 6.07 Å². The van der Waals surface area contributed by atoms with E-state index in [1.807, 2.05) is 0 Å². The van der Waals surface area contributed by atoms with Gasteiger partial charge in [-0.2, -0.15) is 0 Å². The maximum atomic E-state index is 12.4. The van der Waals surface area contributed by atoms with E-state index in [0.29, 0.717) is 11.0 Å². The second-order valence-electron chi connectivity index (χ2n) is 5.13. The van der Waals surface area contributed by atoms with Crippen molar-refractivity contribution >= 4 is 32.4 Å². The number of para-hydroxylation sites is 1. The van der Waals surface area contributed by atoms with Crippen LogP contribution >= 0.6 is 0 Å². The highest BCUT2D eigenvalue weighted by Gasteiger charge is 2.20. The van der Waals surface area contributed by atoms with Gasteiger partial charge >= 0.3 is 0 Å². The Hall–Kier alpha value is -3.14. The summed E-state index contributed by atoms with van der Waals surface area (Å²) in [7, 11) is -2.54. The summed E-state index contributed by atoms with van der Waals surface area (Å²) in [5.74, 6) is -0.368. The number of anilines is 1.